The van der Waals surface area contributed by atoms with Crippen molar-refractivity contribution in [2.45, 2.75) is 25.7 Å². The largest absolute Gasteiger partial charge is 0.384 e. The Morgan fingerprint density at radius 2 is 2.08 bits per heavy atom. The molecule has 1 aromatic heterocycles. The summed E-state index contributed by atoms with van der Waals surface area (Å²) < 4.78 is 0. The predicted molar refractivity (Wildman–Crippen MR) is 58.7 cm³/mol. The van der Waals surface area contributed by atoms with Crippen molar-refractivity contribution in [2.75, 3.05) is 5.73 Å². The average molecular weight is 178 g/mol. The van der Waals surface area contributed by atoms with Crippen molar-refractivity contribution < 1.29 is 1.43 Å². The number of hydrogen-bond donors (Lipinski definition) is 1. The Labute approximate surface area is 81.0 Å². The number of anilines is 1. The number of nitrogens with two attached hydrogens (primary N) is 1. The van der Waals surface area contributed by atoms with E-state index in [2.05, 4.69) is 24.2 Å². The highest BCUT2D eigenvalue weighted by Gasteiger charge is 2.25. The topological polar surface area (TPSA) is 38.9 Å². The fourth-order valence-electron chi connectivity index (χ4n) is 1.42. The van der Waals surface area contributed by atoms with Gasteiger partial charge in [-0.2, -0.15) is 0 Å². The highest BCUT2D eigenvalue weighted by Crippen LogP contribution is 2.41. The highest BCUT2D eigenvalue weighted by atomic mass is 14.8. The number of nitrogens with zero attached hydrogens (tertiary/aromatic N) is 1. The van der Waals surface area contributed by atoms with Gasteiger partial charge in [-0.15, -0.1) is 13.2 Å². The molecular formula is C11H18N2. The molecule has 2 nitrogen and oxygen atoms in total. The molecule has 0 unspecified atom stereocenters. The predicted octanol–water partition coefficient (Wildman–Crippen LogP) is 2.90. The number of pyridine rings is 1. The van der Waals surface area contributed by atoms with Crippen molar-refractivity contribution in [3.05, 3.63) is 36.5 Å². The molecule has 1 fully saturated rings. The van der Waals surface area contributed by atoms with Crippen LogP contribution in [0.25, 0.3) is 0 Å². The minimum Gasteiger partial charge on any atom is -0.384 e. The van der Waals surface area contributed by atoms with E-state index in [4.69, 9.17) is 5.73 Å². The second kappa shape index (κ2) is 4.08. The molecule has 2 N–H and O–H groups in total. The Balaban J connectivity index is 0.000000531. The lowest BCUT2D eigenvalue weighted by Gasteiger charge is -2.02. The third kappa shape index (κ3) is 2.31. The van der Waals surface area contributed by atoms with Gasteiger partial charge < -0.3 is 5.73 Å². The summed E-state index contributed by atoms with van der Waals surface area (Å²) >= 11 is 0. The van der Waals surface area contributed by atoms with Gasteiger partial charge in [0.05, 0.1) is 0 Å². The van der Waals surface area contributed by atoms with Gasteiger partial charge in [0, 0.05) is 7.12 Å². The zero-order valence-corrected chi connectivity index (χ0v) is 8.09. The standard InChI is InChI=1S/C9H12N2.C2H4.H2/c1-6-8(7-2-3-7)4-5-9(10)11-6;1-2;/h4-5,7H,2-3H2,1H3,(H2,10,11);1-2H2;1H. The van der Waals surface area contributed by atoms with Crippen LogP contribution in [0.15, 0.2) is 25.3 Å². The van der Waals surface area contributed by atoms with Crippen LogP contribution >= 0.6 is 0 Å². The summed E-state index contributed by atoms with van der Waals surface area (Å²) in [5.41, 5.74) is 8.03. The normalized spacial score (nSPS) is 14.5. The molecule has 0 aromatic carbocycles. The van der Waals surface area contributed by atoms with Crippen LogP contribution in [0.3, 0.4) is 0 Å². The van der Waals surface area contributed by atoms with Gasteiger partial charge in [-0.1, -0.05) is 6.07 Å². The second-order valence-corrected chi connectivity index (χ2v) is 3.19. The Kier molecular flexibility index (Phi) is 3.07. The van der Waals surface area contributed by atoms with Gasteiger partial charge in [0.1, 0.15) is 5.82 Å². The Bertz CT molecular complexity index is 295. The maximum absolute atomic E-state index is 5.54. The first-order chi connectivity index (χ1) is 6.27. The molecule has 0 saturated heterocycles. The Morgan fingerprint density at radius 1 is 1.46 bits per heavy atom. The van der Waals surface area contributed by atoms with E-state index >= 15 is 0 Å². The molecule has 1 heterocycles. The smallest absolute Gasteiger partial charge is 0.123 e. The maximum atomic E-state index is 5.54. The third-order valence-corrected chi connectivity index (χ3v) is 2.17. The Hall–Kier alpha value is -1.31. The zero-order valence-electron chi connectivity index (χ0n) is 8.09. The fraction of sp³-hybridized carbons (Fsp3) is 0.364. The minimum absolute atomic E-state index is 0. The average Bonchev–Trinajstić information content (AvgIpc) is 2.91. The molecule has 0 amide bonds. The molecule has 0 aliphatic heterocycles. The molecule has 0 spiro atoms. The Morgan fingerprint density at radius 3 is 2.54 bits per heavy atom. The van der Waals surface area contributed by atoms with Gasteiger partial charge in [-0.25, -0.2) is 4.98 Å². The van der Waals surface area contributed by atoms with Crippen molar-refractivity contribution >= 4 is 5.82 Å². The van der Waals surface area contributed by atoms with Crippen molar-refractivity contribution in [3.8, 4) is 0 Å². The van der Waals surface area contributed by atoms with Crippen LogP contribution in [0, 0.1) is 6.92 Å². The quantitative estimate of drug-likeness (QED) is 0.671. The molecule has 2 rings (SSSR count). The lowest BCUT2D eigenvalue weighted by molar-refractivity contribution is 1.04. The monoisotopic (exact) mass is 178 g/mol. The molecular weight excluding hydrogens is 160 g/mol. The zero-order chi connectivity index (χ0) is 9.84. The summed E-state index contributed by atoms with van der Waals surface area (Å²) in [6, 6.07) is 4.00. The summed E-state index contributed by atoms with van der Waals surface area (Å²) in [4.78, 5) is 4.21. The lowest BCUT2D eigenvalue weighted by atomic mass is 10.1. The van der Waals surface area contributed by atoms with E-state index in [1.54, 1.807) is 0 Å². The molecule has 0 atom stereocenters. The van der Waals surface area contributed by atoms with Crippen molar-refractivity contribution in [2.24, 2.45) is 0 Å². The molecule has 72 valence electrons. The molecule has 13 heavy (non-hydrogen) atoms. The molecule has 1 aliphatic carbocycles. The maximum Gasteiger partial charge on any atom is 0.123 e. The fourth-order valence-corrected chi connectivity index (χ4v) is 1.42. The van der Waals surface area contributed by atoms with E-state index in [9.17, 15) is 0 Å². The van der Waals surface area contributed by atoms with Gasteiger partial charge in [0.15, 0.2) is 0 Å². The molecule has 2 heteroatoms. The first-order valence-corrected chi connectivity index (χ1v) is 4.50. The van der Waals surface area contributed by atoms with Crippen molar-refractivity contribution in [1.82, 2.24) is 4.98 Å². The van der Waals surface area contributed by atoms with E-state index in [0.717, 1.165) is 11.6 Å². The number of aryl methyl sites for hydroxylation is 1. The van der Waals surface area contributed by atoms with Gasteiger partial charge in [-0.3, -0.25) is 0 Å². The summed E-state index contributed by atoms with van der Waals surface area (Å²) in [6.07, 6.45) is 2.65. The first kappa shape index (κ1) is 9.78. The lowest BCUT2D eigenvalue weighted by Crippen LogP contribution is -1.95. The highest BCUT2D eigenvalue weighted by molar-refractivity contribution is 5.36. The van der Waals surface area contributed by atoms with Crippen LogP contribution in [0.4, 0.5) is 5.82 Å². The third-order valence-electron chi connectivity index (χ3n) is 2.17. The SMILES string of the molecule is C=C.Cc1nc(N)ccc1C1CC1.[HH]. The van der Waals surface area contributed by atoms with Crippen LogP contribution in [-0.2, 0) is 0 Å². The van der Waals surface area contributed by atoms with Crippen molar-refractivity contribution in [1.29, 1.82) is 0 Å². The van der Waals surface area contributed by atoms with E-state index in [1.165, 1.54) is 18.4 Å². The van der Waals surface area contributed by atoms with Gasteiger partial charge in [0.2, 0.25) is 0 Å². The van der Waals surface area contributed by atoms with E-state index < -0.39 is 0 Å². The van der Waals surface area contributed by atoms with Crippen LogP contribution < -0.4 is 5.73 Å². The van der Waals surface area contributed by atoms with E-state index in [0.29, 0.717) is 5.82 Å². The molecule has 0 bridgehead atoms. The van der Waals surface area contributed by atoms with Crippen LogP contribution in [-0.4, -0.2) is 4.98 Å². The van der Waals surface area contributed by atoms with Crippen LogP contribution in [0.1, 0.15) is 31.4 Å². The second-order valence-electron chi connectivity index (χ2n) is 3.19. The van der Waals surface area contributed by atoms with Gasteiger partial charge in [-0.05, 0) is 37.3 Å². The number of nitrogen functional groups attached to an aromatic ring is 1. The van der Waals surface area contributed by atoms with Crippen LogP contribution in [0.5, 0.6) is 0 Å². The number of hydrogen-bond acceptors (Lipinski definition) is 2. The first-order valence-electron chi connectivity index (χ1n) is 4.50. The molecule has 0 radical (unpaired) electrons. The molecule has 1 saturated carbocycles. The van der Waals surface area contributed by atoms with Gasteiger partial charge >= 0.3 is 0 Å². The minimum atomic E-state index is 0. The summed E-state index contributed by atoms with van der Waals surface area (Å²) in [7, 11) is 0. The summed E-state index contributed by atoms with van der Waals surface area (Å²) in [5, 5.41) is 0. The van der Waals surface area contributed by atoms with E-state index in [1.807, 2.05) is 13.0 Å². The van der Waals surface area contributed by atoms with Crippen molar-refractivity contribution in [3.63, 3.8) is 0 Å². The van der Waals surface area contributed by atoms with Gasteiger partial charge in [0.25, 0.3) is 0 Å². The number of rotatable bonds is 1. The molecule has 1 aliphatic rings. The number of aromatic nitrogens is 1. The van der Waals surface area contributed by atoms with Crippen LogP contribution in [0.2, 0.25) is 0 Å². The summed E-state index contributed by atoms with van der Waals surface area (Å²) in [6.45, 7) is 8.03. The molecule has 1 aromatic rings. The van der Waals surface area contributed by atoms with E-state index in [-0.39, 0.29) is 1.43 Å². The summed E-state index contributed by atoms with van der Waals surface area (Å²) in [5.74, 6) is 1.41.